The molecule has 26 heavy (non-hydrogen) atoms. The van der Waals surface area contributed by atoms with E-state index < -0.39 is 0 Å². The van der Waals surface area contributed by atoms with E-state index >= 15 is 0 Å². The third-order valence-corrected chi connectivity index (χ3v) is 6.36. The molecule has 2 N–H and O–H groups in total. The normalized spacial score (nSPS) is 24.1. The molecule has 0 saturated carbocycles. The van der Waals surface area contributed by atoms with Crippen molar-refractivity contribution < 1.29 is 4.74 Å². The van der Waals surface area contributed by atoms with Crippen LogP contribution in [-0.4, -0.2) is 74.3 Å². The van der Waals surface area contributed by atoms with Crippen molar-refractivity contribution in [1.82, 2.24) is 15.5 Å². The second-order valence-corrected chi connectivity index (χ2v) is 7.82. The molecule has 3 rings (SSSR count). The predicted octanol–water partition coefficient (Wildman–Crippen LogP) is 2.22. The molecule has 1 aromatic carbocycles. The van der Waals surface area contributed by atoms with Crippen molar-refractivity contribution in [3.05, 3.63) is 35.9 Å². The van der Waals surface area contributed by atoms with E-state index in [2.05, 4.69) is 62.6 Å². The van der Waals surface area contributed by atoms with E-state index in [-0.39, 0.29) is 29.5 Å². The number of benzene rings is 1. The number of nitrogens with zero attached hydrogens (tertiary/aromatic N) is 2. The number of thioether (sulfide) groups is 1. The molecule has 0 aliphatic carbocycles. The van der Waals surface area contributed by atoms with Crippen LogP contribution >= 0.6 is 35.7 Å². The first-order valence-electron chi connectivity index (χ1n) is 9.21. The lowest BCUT2D eigenvalue weighted by atomic mass is 9.95. The molecule has 2 fully saturated rings. The van der Waals surface area contributed by atoms with Gasteiger partial charge in [0.1, 0.15) is 0 Å². The van der Waals surface area contributed by atoms with Crippen LogP contribution in [0.15, 0.2) is 35.3 Å². The Labute approximate surface area is 178 Å². The average Bonchev–Trinajstić information content (AvgIpc) is 3.16. The molecule has 0 spiro atoms. The Morgan fingerprint density at radius 3 is 2.65 bits per heavy atom. The largest absolute Gasteiger partial charge is 0.379 e. The van der Waals surface area contributed by atoms with Crippen LogP contribution in [0.5, 0.6) is 0 Å². The molecule has 2 aliphatic heterocycles. The van der Waals surface area contributed by atoms with Crippen LogP contribution < -0.4 is 10.6 Å². The highest BCUT2D eigenvalue weighted by molar-refractivity contribution is 14.0. The van der Waals surface area contributed by atoms with Crippen LogP contribution in [0.4, 0.5) is 0 Å². The van der Waals surface area contributed by atoms with E-state index in [0.717, 1.165) is 51.8 Å². The third kappa shape index (κ3) is 6.00. The summed E-state index contributed by atoms with van der Waals surface area (Å²) in [6.07, 6.45) is 2.25. The molecule has 2 heterocycles. The molecular weight excluding hydrogens is 459 g/mol. The molecule has 0 amide bonds. The fourth-order valence-corrected chi connectivity index (χ4v) is 5.05. The maximum Gasteiger partial charge on any atom is 0.191 e. The third-order valence-electron chi connectivity index (χ3n) is 5.12. The van der Waals surface area contributed by atoms with Crippen LogP contribution in [-0.2, 0) is 11.2 Å². The highest BCUT2D eigenvalue weighted by atomic mass is 127. The summed E-state index contributed by atoms with van der Waals surface area (Å²) in [6, 6.07) is 10.6. The minimum atomic E-state index is 0. The van der Waals surface area contributed by atoms with Gasteiger partial charge in [-0.3, -0.25) is 9.89 Å². The van der Waals surface area contributed by atoms with Gasteiger partial charge in [-0.1, -0.05) is 30.3 Å². The van der Waals surface area contributed by atoms with Gasteiger partial charge >= 0.3 is 0 Å². The van der Waals surface area contributed by atoms with E-state index in [0.29, 0.717) is 0 Å². The van der Waals surface area contributed by atoms with Crippen molar-refractivity contribution in [2.75, 3.05) is 57.9 Å². The summed E-state index contributed by atoms with van der Waals surface area (Å²) in [7, 11) is 1.85. The fraction of sp³-hybridized carbons (Fsp3) is 0.632. The molecule has 1 aromatic rings. The molecule has 1 unspecified atom stereocenters. The van der Waals surface area contributed by atoms with Crippen molar-refractivity contribution in [2.24, 2.45) is 4.99 Å². The number of hydrogen-bond donors (Lipinski definition) is 2. The van der Waals surface area contributed by atoms with Gasteiger partial charge in [0, 0.05) is 44.5 Å². The molecule has 5 nitrogen and oxygen atoms in total. The summed E-state index contributed by atoms with van der Waals surface area (Å²) in [6.45, 7) is 5.64. The van der Waals surface area contributed by atoms with Gasteiger partial charge in [0.25, 0.3) is 0 Å². The molecule has 146 valence electrons. The molecule has 2 saturated heterocycles. The Morgan fingerprint density at radius 2 is 2.00 bits per heavy atom. The summed E-state index contributed by atoms with van der Waals surface area (Å²) in [5.74, 6) is 3.35. The lowest BCUT2D eigenvalue weighted by molar-refractivity contribution is -0.0120. The number of halogens is 1. The maximum atomic E-state index is 5.54. The van der Waals surface area contributed by atoms with Gasteiger partial charge < -0.3 is 15.4 Å². The highest BCUT2D eigenvalue weighted by Gasteiger charge is 2.40. The zero-order chi connectivity index (χ0) is 17.4. The van der Waals surface area contributed by atoms with Crippen molar-refractivity contribution >= 4 is 41.7 Å². The first kappa shape index (κ1) is 21.8. The smallest absolute Gasteiger partial charge is 0.191 e. The standard InChI is InChI=1S/C19H30N4OS.HI/c1-20-18(21-9-7-17-5-3-2-4-6-17)22-15-19(8-14-25-16-19)23-10-12-24-13-11-23;/h2-6H,7-16H2,1H3,(H2,20,21,22);1H. The summed E-state index contributed by atoms with van der Waals surface area (Å²) in [5.41, 5.74) is 1.59. The van der Waals surface area contributed by atoms with Crippen molar-refractivity contribution in [3.8, 4) is 0 Å². The van der Waals surface area contributed by atoms with Crippen LogP contribution in [0.25, 0.3) is 0 Å². The number of ether oxygens (including phenoxy) is 1. The van der Waals surface area contributed by atoms with E-state index in [1.165, 1.54) is 23.5 Å². The van der Waals surface area contributed by atoms with Crippen molar-refractivity contribution in [2.45, 2.75) is 18.4 Å². The summed E-state index contributed by atoms with van der Waals surface area (Å²) in [4.78, 5) is 7.03. The molecule has 0 bridgehead atoms. The predicted molar refractivity (Wildman–Crippen MR) is 122 cm³/mol. The summed E-state index contributed by atoms with van der Waals surface area (Å²) < 4.78 is 5.54. The molecule has 0 radical (unpaired) electrons. The Morgan fingerprint density at radius 1 is 1.23 bits per heavy atom. The summed E-state index contributed by atoms with van der Waals surface area (Å²) >= 11 is 2.07. The van der Waals surface area contributed by atoms with Gasteiger partial charge in [0.15, 0.2) is 5.96 Å². The van der Waals surface area contributed by atoms with Gasteiger partial charge in [0.05, 0.1) is 13.2 Å². The Balaban J connectivity index is 0.00000243. The minimum absolute atomic E-state index is 0. The zero-order valence-corrected chi connectivity index (χ0v) is 18.7. The van der Waals surface area contributed by atoms with Gasteiger partial charge in [0.2, 0.25) is 0 Å². The second kappa shape index (κ2) is 11.4. The number of aliphatic imine (C=N–C) groups is 1. The van der Waals surface area contributed by atoms with Gasteiger partial charge in [-0.15, -0.1) is 24.0 Å². The van der Waals surface area contributed by atoms with Crippen LogP contribution in [0, 0.1) is 0 Å². The van der Waals surface area contributed by atoms with Crippen LogP contribution in [0.3, 0.4) is 0 Å². The fourth-order valence-electron chi connectivity index (χ4n) is 3.57. The van der Waals surface area contributed by atoms with E-state index in [4.69, 9.17) is 4.74 Å². The lowest BCUT2D eigenvalue weighted by Crippen LogP contribution is -2.60. The number of morpholine rings is 1. The summed E-state index contributed by atoms with van der Waals surface area (Å²) in [5, 5.41) is 7.03. The van der Waals surface area contributed by atoms with Gasteiger partial charge in [-0.25, -0.2) is 0 Å². The molecule has 7 heteroatoms. The number of guanidine groups is 1. The quantitative estimate of drug-likeness (QED) is 0.364. The van der Waals surface area contributed by atoms with E-state index in [1.54, 1.807) is 0 Å². The first-order valence-corrected chi connectivity index (χ1v) is 10.4. The monoisotopic (exact) mass is 490 g/mol. The Bertz CT molecular complexity index is 546. The Hall–Kier alpha value is -0.510. The maximum absolute atomic E-state index is 5.54. The van der Waals surface area contributed by atoms with Crippen molar-refractivity contribution in [3.63, 3.8) is 0 Å². The van der Waals surface area contributed by atoms with E-state index in [1.807, 2.05) is 7.05 Å². The number of rotatable bonds is 6. The zero-order valence-electron chi connectivity index (χ0n) is 15.6. The van der Waals surface area contributed by atoms with Crippen LogP contribution in [0.1, 0.15) is 12.0 Å². The average molecular weight is 490 g/mol. The number of nitrogens with one attached hydrogen (secondary N) is 2. The lowest BCUT2D eigenvalue weighted by Gasteiger charge is -2.43. The number of hydrogen-bond acceptors (Lipinski definition) is 4. The SMILES string of the molecule is CN=C(NCCc1ccccc1)NCC1(N2CCOCC2)CCSC1.I. The Kier molecular flexibility index (Phi) is 9.52. The molecular formula is C19H31IN4OS. The molecule has 1 atom stereocenters. The van der Waals surface area contributed by atoms with Gasteiger partial charge in [-0.05, 0) is 24.2 Å². The first-order chi connectivity index (χ1) is 12.3. The van der Waals surface area contributed by atoms with Crippen molar-refractivity contribution in [1.29, 1.82) is 0 Å². The molecule has 0 aromatic heterocycles. The van der Waals surface area contributed by atoms with Crippen LogP contribution in [0.2, 0.25) is 0 Å². The minimum Gasteiger partial charge on any atom is -0.379 e. The van der Waals surface area contributed by atoms with Gasteiger partial charge in [-0.2, -0.15) is 11.8 Å². The highest BCUT2D eigenvalue weighted by Crippen LogP contribution is 2.33. The topological polar surface area (TPSA) is 48.9 Å². The van der Waals surface area contributed by atoms with E-state index in [9.17, 15) is 0 Å². The second-order valence-electron chi connectivity index (χ2n) is 6.71. The molecule has 2 aliphatic rings.